The van der Waals surface area contributed by atoms with Crippen molar-refractivity contribution in [3.63, 3.8) is 0 Å². The van der Waals surface area contributed by atoms with Crippen molar-refractivity contribution < 1.29 is 9.84 Å². The maximum Gasteiger partial charge on any atom is 0.152 e. The summed E-state index contributed by atoms with van der Waals surface area (Å²) in [5.74, 6) is 0.329. The normalized spacial score (nSPS) is 11.7. The molecule has 24 heavy (non-hydrogen) atoms. The first-order valence-corrected chi connectivity index (χ1v) is 8.07. The molecule has 1 heterocycles. The number of benzene rings is 1. The second-order valence-electron chi connectivity index (χ2n) is 6.30. The zero-order chi connectivity index (χ0) is 17.7. The lowest BCUT2D eigenvalue weighted by Crippen LogP contribution is -2.40. The number of nitrogens with zero attached hydrogens (tertiary/aromatic N) is 3. The summed E-state index contributed by atoms with van der Waals surface area (Å²) in [4.78, 5) is 10.5. The van der Waals surface area contributed by atoms with Crippen molar-refractivity contribution in [1.29, 1.82) is 0 Å². The lowest BCUT2D eigenvalue weighted by Gasteiger charge is -2.32. The van der Waals surface area contributed by atoms with Crippen LogP contribution in [-0.4, -0.2) is 48.7 Å². The maximum atomic E-state index is 10.3. The number of ether oxygens (including phenoxy) is 1. The molecule has 0 aliphatic carbocycles. The lowest BCUT2D eigenvalue weighted by molar-refractivity contribution is 0.0842. The molecular formula is C18H26N4O2. The van der Waals surface area contributed by atoms with E-state index in [1.54, 1.807) is 13.8 Å². The predicted molar refractivity (Wildman–Crippen MR) is 100 cm³/mol. The maximum absolute atomic E-state index is 10.3. The Balaban J connectivity index is 2.59. The van der Waals surface area contributed by atoms with Crippen molar-refractivity contribution in [2.75, 3.05) is 36.9 Å². The summed E-state index contributed by atoms with van der Waals surface area (Å²) < 4.78 is 5.50. The number of pyridine rings is 1. The molecule has 0 aliphatic heterocycles. The molecule has 6 nitrogen and oxygen atoms in total. The Morgan fingerprint density at radius 1 is 1.38 bits per heavy atom. The van der Waals surface area contributed by atoms with Crippen molar-refractivity contribution in [2.24, 2.45) is 4.99 Å². The Hall–Kier alpha value is -2.18. The van der Waals surface area contributed by atoms with Gasteiger partial charge in [0.05, 0.1) is 23.4 Å². The Morgan fingerprint density at radius 3 is 2.71 bits per heavy atom. The minimum Gasteiger partial charge on any atom is -0.389 e. The van der Waals surface area contributed by atoms with Gasteiger partial charge in [0, 0.05) is 25.1 Å². The number of rotatable bonds is 8. The van der Waals surface area contributed by atoms with Crippen LogP contribution in [0.3, 0.4) is 0 Å². The van der Waals surface area contributed by atoms with Crippen LogP contribution in [0.15, 0.2) is 29.3 Å². The number of aromatic nitrogens is 1. The smallest absolute Gasteiger partial charge is 0.152 e. The monoisotopic (exact) mass is 330 g/mol. The fourth-order valence-electron chi connectivity index (χ4n) is 2.74. The second-order valence-corrected chi connectivity index (χ2v) is 6.30. The van der Waals surface area contributed by atoms with Gasteiger partial charge in [-0.1, -0.05) is 18.2 Å². The van der Waals surface area contributed by atoms with E-state index in [0.717, 1.165) is 16.6 Å². The number of nitrogens with two attached hydrogens (primary N) is 1. The summed E-state index contributed by atoms with van der Waals surface area (Å²) in [5, 5.41) is 11.3. The summed E-state index contributed by atoms with van der Waals surface area (Å²) in [6.07, 6.45) is 0. The number of hydrogen-bond acceptors (Lipinski definition) is 6. The molecule has 0 fully saturated rings. The molecule has 0 spiro atoms. The molecule has 3 N–H and O–H groups in total. The Kier molecular flexibility index (Phi) is 5.75. The summed E-state index contributed by atoms with van der Waals surface area (Å²) in [6.45, 7) is 11.3. The number of hydrogen-bond donors (Lipinski definition) is 2. The molecule has 2 rings (SSSR count). The van der Waals surface area contributed by atoms with Crippen LogP contribution in [-0.2, 0) is 4.74 Å². The van der Waals surface area contributed by atoms with Crippen LogP contribution in [0.1, 0.15) is 20.8 Å². The number of aliphatic hydroxyl groups is 1. The van der Waals surface area contributed by atoms with E-state index in [1.165, 1.54) is 0 Å². The third-order valence-electron chi connectivity index (χ3n) is 3.63. The minimum atomic E-state index is -0.885. The molecule has 0 aliphatic rings. The van der Waals surface area contributed by atoms with E-state index in [-0.39, 0.29) is 0 Å². The van der Waals surface area contributed by atoms with E-state index in [1.807, 2.05) is 36.1 Å². The van der Waals surface area contributed by atoms with E-state index in [2.05, 4.69) is 16.7 Å². The molecular weight excluding hydrogens is 304 g/mol. The van der Waals surface area contributed by atoms with Gasteiger partial charge in [0.2, 0.25) is 0 Å². The Morgan fingerprint density at radius 2 is 2.08 bits per heavy atom. The van der Waals surface area contributed by atoms with Crippen LogP contribution in [0.4, 0.5) is 17.2 Å². The molecule has 1 aromatic carbocycles. The van der Waals surface area contributed by atoms with Gasteiger partial charge in [-0.15, -0.1) is 0 Å². The number of para-hydroxylation sites is 1. The van der Waals surface area contributed by atoms with Crippen molar-refractivity contribution in [3.8, 4) is 0 Å². The van der Waals surface area contributed by atoms with E-state index in [4.69, 9.17) is 10.5 Å². The molecule has 2 aromatic rings. The molecule has 0 amide bonds. The molecule has 0 atom stereocenters. The first-order chi connectivity index (χ1) is 11.4. The topological polar surface area (TPSA) is 84.0 Å². The first-order valence-electron chi connectivity index (χ1n) is 8.07. The fourth-order valence-corrected chi connectivity index (χ4v) is 2.74. The summed E-state index contributed by atoms with van der Waals surface area (Å²) in [5.41, 5.74) is 7.36. The highest BCUT2D eigenvalue weighted by Gasteiger charge is 2.24. The highest BCUT2D eigenvalue weighted by atomic mass is 16.5. The van der Waals surface area contributed by atoms with Crippen LogP contribution in [0, 0.1) is 0 Å². The molecule has 6 heteroatoms. The van der Waals surface area contributed by atoms with E-state index >= 15 is 0 Å². The minimum absolute atomic E-state index is 0.329. The van der Waals surface area contributed by atoms with Gasteiger partial charge >= 0.3 is 0 Å². The fraction of sp³-hybridized carbons (Fsp3) is 0.444. The van der Waals surface area contributed by atoms with Crippen LogP contribution in [0.2, 0.25) is 0 Å². The average molecular weight is 330 g/mol. The van der Waals surface area contributed by atoms with Gasteiger partial charge < -0.3 is 20.5 Å². The third kappa shape index (κ3) is 4.21. The number of fused-ring (bicyclic) bond motifs is 1. The zero-order valence-corrected chi connectivity index (χ0v) is 14.6. The molecule has 0 saturated heterocycles. The van der Waals surface area contributed by atoms with Gasteiger partial charge in [0.25, 0.3) is 0 Å². The van der Waals surface area contributed by atoms with Gasteiger partial charge in [0.15, 0.2) is 5.82 Å². The second kappa shape index (κ2) is 7.59. The van der Waals surface area contributed by atoms with Crippen molar-refractivity contribution >= 4 is 34.8 Å². The highest BCUT2D eigenvalue weighted by molar-refractivity contribution is 6.01. The van der Waals surface area contributed by atoms with Gasteiger partial charge in [-0.3, -0.25) is 4.99 Å². The van der Waals surface area contributed by atoms with Gasteiger partial charge in [-0.2, -0.15) is 0 Å². The molecule has 1 aromatic heterocycles. The van der Waals surface area contributed by atoms with E-state index in [9.17, 15) is 5.11 Å². The van der Waals surface area contributed by atoms with Crippen molar-refractivity contribution in [3.05, 3.63) is 24.3 Å². The van der Waals surface area contributed by atoms with Crippen LogP contribution < -0.4 is 10.6 Å². The SMILES string of the molecule is C=Nc1c(N)nc2ccccc2c1N(CCOCC)CC(C)(C)O. The first kappa shape index (κ1) is 18.2. The quantitative estimate of drug-likeness (QED) is 0.574. The highest BCUT2D eigenvalue weighted by Crippen LogP contribution is 2.39. The van der Waals surface area contributed by atoms with Crippen molar-refractivity contribution in [1.82, 2.24) is 4.98 Å². The third-order valence-corrected chi connectivity index (χ3v) is 3.63. The summed E-state index contributed by atoms with van der Waals surface area (Å²) in [6, 6.07) is 7.75. The molecule has 130 valence electrons. The largest absolute Gasteiger partial charge is 0.389 e. The zero-order valence-electron chi connectivity index (χ0n) is 14.6. The van der Waals surface area contributed by atoms with E-state index in [0.29, 0.717) is 37.8 Å². The molecule has 0 bridgehead atoms. The lowest BCUT2D eigenvalue weighted by atomic mass is 10.1. The molecule has 0 radical (unpaired) electrons. The summed E-state index contributed by atoms with van der Waals surface area (Å²) in [7, 11) is 0. The Labute approximate surface area is 143 Å². The average Bonchev–Trinajstić information content (AvgIpc) is 2.51. The van der Waals surface area contributed by atoms with Crippen LogP contribution in [0.25, 0.3) is 10.9 Å². The van der Waals surface area contributed by atoms with Crippen LogP contribution >= 0.6 is 0 Å². The van der Waals surface area contributed by atoms with Crippen LogP contribution in [0.5, 0.6) is 0 Å². The van der Waals surface area contributed by atoms with E-state index < -0.39 is 5.60 Å². The Bertz CT molecular complexity index is 710. The van der Waals surface area contributed by atoms with Crippen molar-refractivity contribution in [2.45, 2.75) is 26.4 Å². The molecule has 0 saturated carbocycles. The summed E-state index contributed by atoms with van der Waals surface area (Å²) >= 11 is 0. The predicted octanol–water partition coefficient (Wildman–Crippen LogP) is 2.76. The van der Waals surface area contributed by atoms with Gasteiger partial charge in [-0.05, 0) is 33.6 Å². The standard InChI is InChI=1S/C18H26N4O2/c1-5-24-11-10-22(12-18(2,3)23)16-13-8-6-7-9-14(13)21-17(19)15(16)20-4/h6-9,23H,4-5,10-12H2,1-3H3,(H2,19,21). The number of aliphatic imine (C=N–C) groups is 1. The number of nitrogen functional groups attached to an aromatic ring is 1. The van der Waals surface area contributed by atoms with Gasteiger partial charge in [0.1, 0.15) is 5.69 Å². The molecule has 0 unspecified atom stereocenters. The number of anilines is 2. The van der Waals surface area contributed by atoms with Gasteiger partial charge in [-0.25, -0.2) is 4.98 Å².